The van der Waals surface area contributed by atoms with Gasteiger partial charge in [0.2, 0.25) is 0 Å². The molecule has 0 aromatic heterocycles. The van der Waals surface area contributed by atoms with Crippen molar-refractivity contribution in [2.45, 2.75) is 6.92 Å². The Morgan fingerprint density at radius 2 is 1.55 bits per heavy atom. The van der Waals surface area contributed by atoms with Crippen LogP contribution in [0.2, 0.25) is 0 Å². The first-order valence-electron chi connectivity index (χ1n) is 2.20. The van der Waals surface area contributed by atoms with Crippen molar-refractivity contribution in [2.75, 3.05) is 5.88 Å². The van der Waals surface area contributed by atoms with Crippen molar-refractivity contribution in [3.05, 3.63) is 0 Å². The Bertz CT molecular complexity index is 109. The molecule has 0 aliphatic rings. The van der Waals surface area contributed by atoms with E-state index in [1.807, 2.05) is 6.92 Å². The largest absolute Gasteiger partial charge is 2.00 e. The van der Waals surface area contributed by atoms with Crippen molar-refractivity contribution in [3.63, 3.8) is 0 Å². The van der Waals surface area contributed by atoms with Gasteiger partial charge in [-0.1, -0.05) is 6.92 Å². The molecule has 0 saturated carbocycles. The summed E-state index contributed by atoms with van der Waals surface area (Å²) in [7, 11) is -7.03. The van der Waals surface area contributed by atoms with Gasteiger partial charge in [-0.3, -0.25) is 4.31 Å². The zero-order chi connectivity index (χ0) is 8.57. The first-order chi connectivity index (χ1) is 4.54. The van der Waals surface area contributed by atoms with Gasteiger partial charge in [0.25, 0.3) is 0 Å². The standard InChI is InChI=1S/C2H5Cl.Ba.H4O5P2/c1-2-3;;1-6(2)5-7(3)4/h2H2,1H3;;6-7H,(H,1,2)(H,3,4)/q;+2;/p-2. The van der Waals surface area contributed by atoms with E-state index in [1.54, 1.807) is 0 Å². The maximum Gasteiger partial charge on any atom is 2.00 e. The number of hydrogen-bond donors (Lipinski definition) is 0. The molecule has 2 unspecified atom stereocenters. The fourth-order valence-corrected chi connectivity index (χ4v) is 0.612. The molecule has 64 valence electrons. The third-order valence-corrected chi connectivity index (χ3v) is 1.50. The molecule has 9 heteroatoms. The van der Waals surface area contributed by atoms with Gasteiger partial charge in [0.05, 0.1) is 0 Å². The number of hydrogen-bond acceptors (Lipinski definition) is 5. The van der Waals surface area contributed by atoms with Crippen LogP contribution in [0.3, 0.4) is 0 Å². The van der Waals surface area contributed by atoms with Crippen molar-refractivity contribution in [1.29, 1.82) is 0 Å². The van der Waals surface area contributed by atoms with Gasteiger partial charge >= 0.3 is 48.9 Å². The molecular formula is C2H7BaClO5P2. The van der Waals surface area contributed by atoms with Gasteiger partial charge in [0.1, 0.15) is 16.5 Å². The first-order valence-corrected chi connectivity index (χ1v) is 5.18. The van der Waals surface area contributed by atoms with Crippen molar-refractivity contribution >= 4 is 77.0 Å². The molecule has 0 aliphatic carbocycles. The average molecular weight is 346 g/mol. The SMILES string of the molecule is CCCl.O=[PH]([O-])O[PH](=O)[O-].[Ba+2]. The average Bonchev–Trinajstić information content (AvgIpc) is 1.62. The molecular weight excluding hydrogens is 339 g/mol. The van der Waals surface area contributed by atoms with Gasteiger partial charge in [0, 0.05) is 5.88 Å². The molecule has 0 saturated heterocycles. The van der Waals surface area contributed by atoms with Crippen molar-refractivity contribution in [2.24, 2.45) is 0 Å². The van der Waals surface area contributed by atoms with Crippen LogP contribution in [0.25, 0.3) is 0 Å². The predicted molar refractivity (Wildman–Crippen MR) is 41.2 cm³/mol. The summed E-state index contributed by atoms with van der Waals surface area (Å²) in [6.07, 6.45) is 0. The summed E-state index contributed by atoms with van der Waals surface area (Å²) in [5, 5.41) is 0. The van der Waals surface area contributed by atoms with Crippen LogP contribution in [0.5, 0.6) is 0 Å². The van der Waals surface area contributed by atoms with E-state index in [9.17, 15) is 18.9 Å². The fraction of sp³-hybridized carbons (Fsp3) is 1.00. The maximum atomic E-state index is 9.29. The maximum absolute atomic E-state index is 9.29. The van der Waals surface area contributed by atoms with Gasteiger partial charge in [-0.2, -0.15) is 0 Å². The van der Waals surface area contributed by atoms with Crippen LogP contribution < -0.4 is 9.79 Å². The summed E-state index contributed by atoms with van der Waals surface area (Å²) in [6, 6.07) is 0. The van der Waals surface area contributed by atoms with E-state index in [-0.39, 0.29) is 48.9 Å². The Kier molecular flexibility index (Phi) is 25.3. The summed E-state index contributed by atoms with van der Waals surface area (Å²) in [5.41, 5.74) is 0. The van der Waals surface area contributed by atoms with Crippen molar-refractivity contribution < 1.29 is 23.2 Å². The van der Waals surface area contributed by atoms with E-state index in [2.05, 4.69) is 4.31 Å². The molecule has 0 amide bonds. The van der Waals surface area contributed by atoms with Crippen LogP contribution in [0.15, 0.2) is 0 Å². The van der Waals surface area contributed by atoms with E-state index >= 15 is 0 Å². The summed E-state index contributed by atoms with van der Waals surface area (Å²) >= 11 is 5.00. The zero-order valence-corrected chi connectivity index (χ0v) is 13.0. The van der Waals surface area contributed by atoms with Gasteiger partial charge in [-0.15, -0.1) is 11.6 Å². The van der Waals surface area contributed by atoms with Gasteiger partial charge in [-0.05, 0) is 0 Å². The number of alkyl halides is 1. The predicted octanol–water partition coefficient (Wildman–Crippen LogP) is -0.633. The Hall–Kier alpha value is 2.20. The summed E-state index contributed by atoms with van der Waals surface area (Å²) < 4.78 is 21.8. The summed E-state index contributed by atoms with van der Waals surface area (Å²) in [5.74, 6) is 0.722. The third kappa shape index (κ3) is 33.0. The van der Waals surface area contributed by atoms with Gasteiger partial charge in [0.15, 0.2) is 0 Å². The fourth-order valence-electron chi connectivity index (χ4n) is 0.0680. The second kappa shape index (κ2) is 14.7. The van der Waals surface area contributed by atoms with Crippen LogP contribution in [-0.4, -0.2) is 54.8 Å². The molecule has 0 aromatic rings. The number of rotatable bonds is 2. The Labute approximate surface area is 111 Å². The topological polar surface area (TPSA) is 89.5 Å². The summed E-state index contributed by atoms with van der Waals surface area (Å²) in [4.78, 5) is 18.6. The Balaban J connectivity index is -0.000000140. The van der Waals surface area contributed by atoms with Crippen molar-refractivity contribution in [3.8, 4) is 0 Å². The molecule has 0 aliphatic heterocycles. The second-order valence-corrected chi connectivity index (χ2v) is 3.22. The van der Waals surface area contributed by atoms with E-state index in [0.29, 0.717) is 0 Å². The molecule has 11 heavy (non-hydrogen) atoms. The zero-order valence-electron chi connectivity index (χ0n) is 5.83. The van der Waals surface area contributed by atoms with Crippen molar-refractivity contribution in [1.82, 2.24) is 0 Å². The monoisotopic (exact) mass is 346 g/mol. The molecule has 0 rings (SSSR count). The molecule has 5 nitrogen and oxygen atoms in total. The molecule has 0 N–H and O–H groups in total. The third-order valence-electron chi connectivity index (χ3n) is 0.167. The Morgan fingerprint density at radius 3 is 1.55 bits per heavy atom. The quantitative estimate of drug-likeness (QED) is 0.377. The van der Waals surface area contributed by atoms with Crippen LogP contribution in [-0.2, 0) is 13.4 Å². The van der Waals surface area contributed by atoms with Crippen LogP contribution in [0.1, 0.15) is 6.92 Å². The van der Waals surface area contributed by atoms with E-state index in [1.165, 1.54) is 0 Å². The second-order valence-electron chi connectivity index (χ2n) is 0.869. The van der Waals surface area contributed by atoms with Gasteiger partial charge < -0.3 is 18.9 Å². The molecule has 0 bridgehead atoms. The van der Waals surface area contributed by atoms with E-state index in [0.717, 1.165) is 5.88 Å². The van der Waals surface area contributed by atoms with Crippen LogP contribution >= 0.6 is 28.1 Å². The van der Waals surface area contributed by atoms with Crippen LogP contribution in [0, 0.1) is 0 Å². The minimum atomic E-state index is -3.51. The first kappa shape index (κ1) is 18.9. The Morgan fingerprint density at radius 1 is 1.36 bits per heavy atom. The van der Waals surface area contributed by atoms with E-state index < -0.39 is 16.5 Å². The molecule has 0 fully saturated rings. The molecule has 0 heterocycles. The molecule has 0 radical (unpaired) electrons. The van der Waals surface area contributed by atoms with E-state index in [4.69, 9.17) is 11.6 Å². The molecule has 0 aromatic carbocycles. The minimum absolute atomic E-state index is 0. The smallest absolute Gasteiger partial charge is 0.781 e. The normalized spacial score (nSPS) is 13.5. The summed E-state index contributed by atoms with van der Waals surface area (Å²) in [6.45, 7) is 1.89. The minimum Gasteiger partial charge on any atom is -0.781 e. The molecule has 2 atom stereocenters. The van der Waals surface area contributed by atoms with Crippen LogP contribution in [0.4, 0.5) is 0 Å². The van der Waals surface area contributed by atoms with Gasteiger partial charge in [-0.25, -0.2) is 0 Å². The number of halogens is 1. The molecule has 0 spiro atoms.